The van der Waals surface area contributed by atoms with E-state index in [4.69, 9.17) is 4.74 Å². The highest BCUT2D eigenvalue weighted by molar-refractivity contribution is 5.75. The zero-order chi connectivity index (χ0) is 13.6. The van der Waals surface area contributed by atoms with Gasteiger partial charge in [-0.1, -0.05) is 20.8 Å². The average molecular weight is 256 g/mol. The second-order valence-corrected chi connectivity index (χ2v) is 5.97. The minimum atomic E-state index is -0.162. The molecule has 1 saturated heterocycles. The third-order valence-corrected chi connectivity index (χ3v) is 3.65. The monoisotopic (exact) mass is 256 g/mol. The highest BCUT2D eigenvalue weighted by Crippen LogP contribution is 2.28. The summed E-state index contributed by atoms with van der Waals surface area (Å²) in [6, 6.07) is -0.162. The number of piperidine rings is 1. The molecule has 0 aromatic heterocycles. The van der Waals surface area contributed by atoms with Gasteiger partial charge in [0.1, 0.15) is 6.04 Å². The number of nitrogens with one attached hydrogen (secondary N) is 1. The quantitative estimate of drug-likeness (QED) is 0.734. The predicted octanol–water partition coefficient (Wildman–Crippen LogP) is 1.65. The highest BCUT2D eigenvalue weighted by atomic mass is 16.5. The molecule has 18 heavy (non-hydrogen) atoms. The average Bonchev–Trinajstić information content (AvgIpc) is 2.32. The maximum Gasteiger partial charge on any atom is 0.322 e. The van der Waals surface area contributed by atoms with Crippen LogP contribution in [0.3, 0.4) is 0 Å². The molecule has 0 aliphatic carbocycles. The minimum absolute atomic E-state index is 0.145. The molecule has 1 N–H and O–H groups in total. The molecule has 0 aromatic rings. The van der Waals surface area contributed by atoms with E-state index in [0.29, 0.717) is 5.41 Å². The molecule has 1 aliphatic heterocycles. The third-order valence-electron chi connectivity index (χ3n) is 3.65. The van der Waals surface area contributed by atoms with Crippen LogP contribution < -0.4 is 5.32 Å². The smallest absolute Gasteiger partial charge is 0.322 e. The van der Waals surface area contributed by atoms with Gasteiger partial charge in [-0.3, -0.25) is 4.79 Å². The van der Waals surface area contributed by atoms with Crippen molar-refractivity contribution < 1.29 is 9.53 Å². The molecule has 1 heterocycles. The topological polar surface area (TPSA) is 41.6 Å². The summed E-state index contributed by atoms with van der Waals surface area (Å²) in [6.07, 6.45) is 3.39. The van der Waals surface area contributed by atoms with Gasteiger partial charge in [-0.2, -0.15) is 0 Å². The first-order chi connectivity index (χ1) is 8.48. The zero-order valence-corrected chi connectivity index (χ0v) is 12.3. The van der Waals surface area contributed by atoms with E-state index in [9.17, 15) is 4.79 Å². The first-order valence-electron chi connectivity index (χ1n) is 7.02. The highest BCUT2D eigenvalue weighted by Gasteiger charge is 2.27. The van der Waals surface area contributed by atoms with Crippen molar-refractivity contribution in [2.24, 2.45) is 5.41 Å². The second kappa shape index (κ2) is 7.10. The normalized spacial score (nSPS) is 21.6. The number of nitrogens with zero attached hydrogens (tertiary/aromatic N) is 1. The summed E-state index contributed by atoms with van der Waals surface area (Å²) in [5.74, 6) is -0.145. The zero-order valence-electron chi connectivity index (χ0n) is 12.3. The Labute approximate surface area is 111 Å². The van der Waals surface area contributed by atoms with Crippen molar-refractivity contribution in [1.29, 1.82) is 0 Å². The number of rotatable bonds is 6. The van der Waals surface area contributed by atoms with E-state index in [2.05, 4.69) is 24.1 Å². The standard InChI is InChI=1S/C14H28N2O2/c1-5-15-12(13(17)18-4)7-10-16-9-6-8-14(2,3)11-16/h12,15H,5-11H2,1-4H3. The summed E-state index contributed by atoms with van der Waals surface area (Å²) in [6.45, 7) is 10.7. The Morgan fingerprint density at radius 2 is 2.22 bits per heavy atom. The van der Waals surface area contributed by atoms with E-state index < -0.39 is 0 Å². The van der Waals surface area contributed by atoms with Crippen molar-refractivity contribution in [3.8, 4) is 0 Å². The number of esters is 1. The third kappa shape index (κ3) is 4.94. The molecular weight excluding hydrogens is 228 g/mol. The molecule has 0 radical (unpaired) electrons. The lowest BCUT2D eigenvalue weighted by Crippen LogP contribution is -2.44. The maximum absolute atomic E-state index is 11.6. The van der Waals surface area contributed by atoms with Gasteiger partial charge in [0.2, 0.25) is 0 Å². The molecule has 0 saturated carbocycles. The van der Waals surface area contributed by atoms with Crippen molar-refractivity contribution in [2.75, 3.05) is 33.3 Å². The summed E-state index contributed by atoms with van der Waals surface area (Å²) in [5, 5.41) is 3.19. The SMILES string of the molecule is CCNC(CCN1CCCC(C)(C)C1)C(=O)OC. The molecule has 0 aromatic carbocycles. The van der Waals surface area contributed by atoms with Crippen molar-refractivity contribution >= 4 is 5.97 Å². The molecule has 1 atom stereocenters. The Morgan fingerprint density at radius 3 is 2.78 bits per heavy atom. The molecule has 0 spiro atoms. The number of carbonyl (C=O) groups is 1. The van der Waals surface area contributed by atoms with E-state index in [1.165, 1.54) is 20.0 Å². The fourth-order valence-electron chi connectivity index (χ4n) is 2.74. The molecular formula is C14H28N2O2. The molecule has 0 bridgehead atoms. The lowest BCUT2D eigenvalue weighted by atomic mass is 9.84. The van der Waals surface area contributed by atoms with Crippen molar-refractivity contribution in [1.82, 2.24) is 10.2 Å². The van der Waals surface area contributed by atoms with Crippen molar-refractivity contribution in [3.05, 3.63) is 0 Å². The molecule has 1 aliphatic rings. The largest absolute Gasteiger partial charge is 0.468 e. The van der Waals surface area contributed by atoms with Crippen LogP contribution in [0.5, 0.6) is 0 Å². The van der Waals surface area contributed by atoms with Crippen LogP contribution in [-0.4, -0.2) is 50.2 Å². The number of ether oxygens (including phenoxy) is 1. The summed E-state index contributed by atoms with van der Waals surface area (Å²) in [5.41, 5.74) is 0.414. The van der Waals surface area contributed by atoms with Gasteiger partial charge in [-0.05, 0) is 37.8 Å². The molecule has 0 amide bonds. The number of likely N-dealkylation sites (N-methyl/N-ethyl adjacent to an activating group) is 1. The van der Waals surface area contributed by atoms with Crippen molar-refractivity contribution in [2.45, 2.75) is 46.1 Å². The van der Waals surface area contributed by atoms with E-state index in [-0.39, 0.29) is 12.0 Å². The second-order valence-electron chi connectivity index (χ2n) is 5.97. The van der Waals surface area contributed by atoms with E-state index in [0.717, 1.165) is 32.6 Å². The number of methoxy groups -OCH3 is 1. The molecule has 106 valence electrons. The van der Waals surface area contributed by atoms with Crippen molar-refractivity contribution in [3.63, 3.8) is 0 Å². The van der Waals surface area contributed by atoms with Crippen LogP contribution in [0, 0.1) is 5.41 Å². The number of likely N-dealkylation sites (tertiary alicyclic amines) is 1. The molecule has 4 heteroatoms. The van der Waals surface area contributed by atoms with Gasteiger partial charge >= 0.3 is 5.97 Å². The van der Waals surface area contributed by atoms with Crippen LogP contribution in [0.15, 0.2) is 0 Å². The van der Waals surface area contributed by atoms with Gasteiger partial charge in [0.05, 0.1) is 7.11 Å². The summed E-state index contributed by atoms with van der Waals surface area (Å²) >= 11 is 0. The van der Waals surface area contributed by atoms with Gasteiger partial charge in [0.25, 0.3) is 0 Å². The number of hydrogen-bond acceptors (Lipinski definition) is 4. The van der Waals surface area contributed by atoms with Gasteiger partial charge in [0.15, 0.2) is 0 Å². The van der Waals surface area contributed by atoms with E-state index in [1.807, 2.05) is 6.92 Å². The summed E-state index contributed by atoms with van der Waals surface area (Å²) in [4.78, 5) is 14.1. The van der Waals surface area contributed by atoms with E-state index >= 15 is 0 Å². The Morgan fingerprint density at radius 1 is 1.50 bits per heavy atom. The van der Waals surface area contributed by atoms with Crippen LogP contribution in [0.1, 0.15) is 40.0 Å². The van der Waals surface area contributed by atoms with Crippen LogP contribution in [-0.2, 0) is 9.53 Å². The lowest BCUT2D eigenvalue weighted by molar-refractivity contribution is -0.143. The fourth-order valence-corrected chi connectivity index (χ4v) is 2.74. The Hall–Kier alpha value is -0.610. The van der Waals surface area contributed by atoms with Crippen LogP contribution in [0.25, 0.3) is 0 Å². The van der Waals surface area contributed by atoms with Crippen LogP contribution in [0.4, 0.5) is 0 Å². The summed E-state index contributed by atoms with van der Waals surface area (Å²) < 4.78 is 4.83. The van der Waals surface area contributed by atoms with Gasteiger partial charge < -0.3 is 15.0 Å². The molecule has 1 rings (SSSR count). The van der Waals surface area contributed by atoms with Gasteiger partial charge in [-0.25, -0.2) is 0 Å². The maximum atomic E-state index is 11.6. The summed E-state index contributed by atoms with van der Waals surface area (Å²) in [7, 11) is 1.46. The lowest BCUT2D eigenvalue weighted by Gasteiger charge is -2.38. The van der Waals surface area contributed by atoms with Crippen LogP contribution >= 0.6 is 0 Å². The number of hydrogen-bond donors (Lipinski definition) is 1. The molecule has 4 nitrogen and oxygen atoms in total. The van der Waals surface area contributed by atoms with Gasteiger partial charge in [0, 0.05) is 13.1 Å². The molecule has 1 fully saturated rings. The first kappa shape index (κ1) is 15.4. The Balaban J connectivity index is 2.39. The van der Waals surface area contributed by atoms with Crippen LogP contribution in [0.2, 0.25) is 0 Å². The Bertz CT molecular complexity index is 267. The fraction of sp³-hybridized carbons (Fsp3) is 0.929. The van der Waals surface area contributed by atoms with E-state index in [1.54, 1.807) is 0 Å². The predicted molar refractivity (Wildman–Crippen MR) is 73.6 cm³/mol. The number of carbonyl (C=O) groups excluding carboxylic acids is 1. The van der Waals surface area contributed by atoms with Gasteiger partial charge in [-0.15, -0.1) is 0 Å². The minimum Gasteiger partial charge on any atom is -0.468 e. The first-order valence-corrected chi connectivity index (χ1v) is 7.02. The molecule has 1 unspecified atom stereocenters. The Kier molecular flexibility index (Phi) is 6.09.